The summed E-state index contributed by atoms with van der Waals surface area (Å²) in [6.07, 6.45) is -0.362. The molecule has 2 aromatic rings. The molecule has 5 heteroatoms. The minimum absolute atomic E-state index is 0.176. The van der Waals surface area contributed by atoms with Crippen molar-refractivity contribution in [1.82, 2.24) is 5.32 Å². The zero-order chi connectivity index (χ0) is 15.2. The summed E-state index contributed by atoms with van der Waals surface area (Å²) in [6, 6.07) is 12.3. The Labute approximate surface area is 126 Å². The van der Waals surface area contributed by atoms with Crippen LogP contribution in [0.4, 0.5) is 8.78 Å². The van der Waals surface area contributed by atoms with E-state index in [1.54, 1.807) is 0 Å². The molecule has 1 unspecified atom stereocenters. The third-order valence-corrected chi connectivity index (χ3v) is 3.40. The molecule has 0 fully saturated rings. The molecule has 0 aliphatic heterocycles. The van der Waals surface area contributed by atoms with Crippen LogP contribution in [0.3, 0.4) is 0 Å². The summed E-state index contributed by atoms with van der Waals surface area (Å²) in [5.74, 6) is -1.76. The first-order chi connectivity index (χ1) is 10.1. The first kappa shape index (κ1) is 15.4. The van der Waals surface area contributed by atoms with Crippen LogP contribution in [0, 0.1) is 11.6 Å². The Hall–Kier alpha value is -1.94. The second kappa shape index (κ2) is 7.18. The highest BCUT2D eigenvalue weighted by Crippen LogP contribution is 2.16. The Morgan fingerprint density at radius 1 is 1.05 bits per heavy atom. The molecule has 2 aromatic carbocycles. The molecule has 1 N–H and O–H groups in total. The Bertz CT molecular complexity index is 599. The molecule has 0 saturated heterocycles. The summed E-state index contributed by atoms with van der Waals surface area (Å²) in [5, 5.41) is 2.68. The van der Waals surface area contributed by atoms with E-state index in [4.69, 9.17) is 11.6 Å². The van der Waals surface area contributed by atoms with E-state index >= 15 is 0 Å². The van der Waals surface area contributed by atoms with Gasteiger partial charge in [0.05, 0.1) is 12.5 Å². The Morgan fingerprint density at radius 2 is 1.67 bits per heavy atom. The van der Waals surface area contributed by atoms with Crippen molar-refractivity contribution in [2.75, 3.05) is 5.88 Å². The van der Waals surface area contributed by atoms with E-state index in [1.165, 1.54) is 6.07 Å². The normalized spacial score (nSPS) is 12.0. The van der Waals surface area contributed by atoms with E-state index in [0.717, 1.165) is 17.7 Å². The molecular formula is C16H14ClF2NO. The van der Waals surface area contributed by atoms with Gasteiger partial charge in [-0.1, -0.05) is 36.4 Å². The van der Waals surface area contributed by atoms with Gasteiger partial charge in [0.2, 0.25) is 5.91 Å². The van der Waals surface area contributed by atoms with Crippen LogP contribution in [0.25, 0.3) is 0 Å². The fraction of sp³-hybridized carbons (Fsp3) is 0.188. The average Bonchev–Trinajstić information content (AvgIpc) is 2.49. The number of benzene rings is 2. The van der Waals surface area contributed by atoms with E-state index in [1.807, 2.05) is 30.3 Å². The van der Waals surface area contributed by atoms with Crippen LogP contribution >= 0.6 is 11.6 Å². The van der Waals surface area contributed by atoms with Crippen molar-refractivity contribution in [1.29, 1.82) is 0 Å². The summed E-state index contributed by atoms with van der Waals surface area (Å²) in [7, 11) is 0. The minimum Gasteiger partial charge on any atom is -0.348 e. The number of hydrogen-bond acceptors (Lipinski definition) is 1. The molecule has 1 amide bonds. The molecule has 0 heterocycles. The van der Waals surface area contributed by atoms with E-state index in [2.05, 4.69) is 5.32 Å². The molecule has 0 aliphatic rings. The molecular weight excluding hydrogens is 296 g/mol. The maximum Gasteiger partial charge on any atom is 0.225 e. The third kappa shape index (κ3) is 4.02. The second-order valence-electron chi connectivity index (χ2n) is 4.56. The highest BCUT2D eigenvalue weighted by Gasteiger charge is 2.17. The average molecular weight is 310 g/mol. The summed E-state index contributed by atoms with van der Waals surface area (Å²) < 4.78 is 27.0. The Kier molecular flexibility index (Phi) is 5.28. The molecule has 0 aromatic heterocycles. The molecule has 110 valence electrons. The van der Waals surface area contributed by atoms with Gasteiger partial charge in [0.25, 0.3) is 0 Å². The first-order valence-corrected chi connectivity index (χ1v) is 6.98. The first-order valence-electron chi connectivity index (χ1n) is 6.45. The molecule has 0 bridgehead atoms. The van der Waals surface area contributed by atoms with Crippen molar-refractivity contribution < 1.29 is 13.6 Å². The van der Waals surface area contributed by atoms with Gasteiger partial charge in [-0.15, -0.1) is 11.6 Å². The van der Waals surface area contributed by atoms with Crippen LogP contribution < -0.4 is 5.32 Å². The topological polar surface area (TPSA) is 29.1 Å². The SMILES string of the molecule is O=C(Cc1c(F)cccc1F)NC(CCl)c1ccccc1. The maximum atomic E-state index is 13.5. The fourth-order valence-electron chi connectivity index (χ4n) is 2.00. The standard InChI is InChI=1S/C16H14ClF2NO/c17-10-15(11-5-2-1-3-6-11)20-16(21)9-12-13(18)7-4-8-14(12)19/h1-8,15H,9-10H2,(H,20,21). The van der Waals surface area contributed by atoms with Gasteiger partial charge in [-0.2, -0.15) is 0 Å². The summed E-state index contributed by atoms with van der Waals surface area (Å²) in [5.41, 5.74) is 0.603. The summed E-state index contributed by atoms with van der Waals surface area (Å²) in [6.45, 7) is 0. The predicted molar refractivity (Wildman–Crippen MR) is 78.1 cm³/mol. The third-order valence-electron chi connectivity index (χ3n) is 3.09. The van der Waals surface area contributed by atoms with Crippen molar-refractivity contribution >= 4 is 17.5 Å². The van der Waals surface area contributed by atoms with Crippen LogP contribution in [0.15, 0.2) is 48.5 Å². The van der Waals surface area contributed by atoms with Crippen LogP contribution in [-0.4, -0.2) is 11.8 Å². The number of carbonyl (C=O) groups is 1. The number of halogens is 3. The van der Waals surface area contributed by atoms with Crippen molar-refractivity contribution in [3.05, 3.63) is 71.3 Å². The van der Waals surface area contributed by atoms with E-state index in [9.17, 15) is 13.6 Å². The van der Waals surface area contributed by atoms with Gasteiger partial charge in [-0.05, 0) is 17.7 Å². The minimum atomic E-state index is -0.729. The lowest BCUT2D eigenvalue weighted by atomic mass is 10.1. The van der Waals surface area contributed by atoms with Gasteiger partial charge < -0.3 is 5.32 Å². The molecule has 0 saturated carbocycles. The highest BCUT2D eigenvalue weighted by atomic mass is 35.5. The number of nitrogens with one attached hydrogen (secondary N) is 1. The fourth-order valence-corrected chi connectivity index (χ4v) is 2.26. The van der Waals surface area contributed by atoms with E-state index < -0.39 is 23.6 Å². The summed E-state index contributed by atoms with van der Waals surface area (Å²) in [4.78, 5) is 12.0. The van der Waals surface area contributed by atoms with Gasteiger partial charge in [-0.25, -0.2) is 8.78 Å². The van der Waals surface area contributed by atoms with Gasteiger partial charge >= 0.3 is 0 Å². The number of alkyl halides is 1. The Balaban J connectivity index is 2.07. The van der Waals surface area contributed by atoms with Crippen LogP contribution in [-0.2, 0) is 11.2 Å². The maximum absolute atomic E-state index is 13.5. The molecule has 2 rings (SSSR count). The van der Waals surface area contributed by atoms with E-state index in [0.29, 0.717) is 0 Å². The largest absolute Gasteiger partial charge is 0.348 e. The predicted octanol–water partition coefficient (Wildman–Crippen LogP) is 3.60. The monoisotopic (exact) mass is 309 g/mol. The van der Waals surface area contributed by atoms with Crippen LogP contribution in [0.1, 0.15) is 17.2 Å². The number of rotatable bonds is 5. The van der Waals surface area contributed by atoms with Crippen molar-refractivity contribution in [2.45, 2.75) is 12.5 Å². The smallest absolute Gasteiger partial charge is 0.225 e. The van der Waals surface area contributed by atoms with Crippen molar-refractivity contribution in [2.24, 2.45) is 0 Å². The molecule has 2 nitrogen and oxygen atoms in total. The van der Waals surface area contributed by atoms with Gasteiger partial charge in [0.1, 0.15) is 11.6 Å². The van der Waals surface area contributed by atoms with Gasteiger partial charge in [-0.3, -0.25) is 4.79 Å². The molecule has 21 heavy (non-hydrogen) atoms. The quantitative estimate of drug-likeness (QED) is 0.840. The lowest BCUT2D eigenvalue weighted by molar-refractivity contribution is -0.121. The van der Waals surface area contributed by atoms with Crippen molar-refractivity contribution in [3.8, 4) is 0 Å². The zero-order valence-corrected chi connectivity index (χ0v) is 11.9. The van der Waals surface area contributed by atoms with Gasteiger partial charge in [0.15, 0.2) is 0 Å². The molecule has 1 atom stereocenters. The lowest BCUT2D eigenvalue weighted by Gasteiger charge is -2.16. The Morgan fingerprint density at radius 3 is 2.24 bits per heavy atom. The molecule has 0 spiro atoms. The summed E-state index contributed by atoms with van der Waals surface area (Å²) >= 11 is 5.85. The zero-order valence-electron chi connectivity index (χ0n) is 11.2. The highest BCUT2D eigenvalue weighted by molar-refractivity contribution is 6.18. The molecule has 0 aliphatic carbocycles. The number of amides is 1. The second-order valence-corrected chi connectivity index (χ2v) is 4.87. The van der Waals surface area contributed by atoms with E-state index in [-0.39, 0.29) is 17.9 Å². The van der Waals surface area contributed by atoms with Crippen LogP contribution in [0.5, 0.6) is 0 Å². The lowest BCUT2D eigenvalue weighted by Crippen LogP contribution is -2.31. The number of hydrogen-bond donors (Lipinski definition) is 1. The molecule has 0 radical (unpaired) electrons. The van der Waals surface area contributed by atoms with Crippen molar-refractivity contribution in [3.63, 3.8) is 0 Å². The number of carbonyl (C=O) groups excluding carboxylic acids is 1. The van der Waals surface area contributed by atoms with Gasteiger partial charge in [0, 0.05) is 11.4 Å². The van der Waals surface area contributed by atoms with Crippen LogP contribution in [0.2, 0.25) is 0 Å².